The first kappa shape index (κ1) is 14.0. The van der Waals surface area contributed by atoms with E-state index in [4.69, 9.17) is 17.3 Å². The van der Waals surface area contributed by atoms with E-state index in [1.165, 1.54) is 10.9 Å². The molecule has 1 heterocycles. The lowest BCUT2D eigenvalue weighted by molar-refractivity contribution is 0.102. The number of rotatable bonds is 4. The van der Waals surface area contributed by atoms with Gasteiger partial charge in [0.15, 0.2) is 5.69 Å². The third-order valence-electron chi connectivity index (χ3n) is 2.31. The molecule has 8 heteroatoms. The number of nitrogens with two attached hydrogens (primary N) is 1. The molecule has 2 rings (SSSR count). The molecule has 1 amide bonds. The van der Waals surface area contributed by atoms with E-state index in [9.17, 15) is 4.79 Å². The van der Waals surface area contributed by atoms with Crippen LogP contribution in [0, 0.1) is 0 Å². The van der Waals surface area contributed by atoms with Crippen molar-refractivity contribution < 1.29 is 4.79 Å². The van der Waals surface area contributed by atoms with Crippen LogP contribution in [-0.4, -0.2) is 27.4 Å². The fraction of sp³-hybridized carbons (Fsp3) is 0.182. The molecule has 0 fully saturated rings. The van der Waals surface area contributed by atoms with Gasteiger partial charge in [-0.15, -0.1) is 5.10 Å². The summed E-state index contributed by atoms with van der Waals surface area (Å²) < 4.78 is 2.35. The van der Waals surface area contributed by atoms with Gasteiger partial charge in [-0.25, -0.2) is 0 Å². The highest BCUT2D eigenvalue weighted by Gasteiger charge is 2.12. The molecule has 100 valence electrons. The molecule has 0 aliphatic rings. The Balaban J connectivity index is 2.11. The molecule has 0 radical (unpaired) electrons. The highest BCUT2D eigenvalue weighted by molar-refractivity contribution is 9.10. The zero-order valence-corrected chi connectivity index (χ0v) is 12.1. The molecule has 0 aliphatic carbocycles. The molecule has 0 saturated heterocycles. The van der Waals surface area contributed by atoms with Crippen LogP contribution in [0.25, 0.3) is 0 Å². The lowest BCUT2D eigenvalue weighted by atomic mass is 10.3. The number of carbonyl (C=O) groups is 1. The number of hydrogen-bond acceptors (Lipinski definition) is 4. The molecule has 0 aliphatic heterocycles. The minimum atomic E-state index is -0.368. The lowest BCUT2D eigenvalue weighted by Crippen LogP contribution is -2.13. The third kappa shape index (κ3) is 3.52. The van der Waals surface area contributed by atoms with Crippen molar-refractivity contribution in [3.8, 4) is 0 Å². The average molecular weight is 345 g/mol. The van der Waals surface area contributed by atoms with Gasteiger partial charge < -0.3 is 11.1 Å². The monoisotopic (exact) mass is 343 g/mol. The van der Waals surface area contributed by atoms with E-state index in [0.29, 0.717) is 23.8 Å². The van der Waals surface area contributed by atoms with Crippen molar-refractivity contribution in [2.24, 2.45) is 5.73 Å². The topological polar surface area (TPSA) is 85.8 Å². The van der Waals surface area contributed by atoms with E-state index in [-0.39, 0.29) is 11.6 Å². The predicted molar refractivity (Wildman–Crippen MR) is 76.2 cm³/mol. The third-order valence-corrected chi connectivity index (χ3v) is 3.11. The van der Waals surface area contributed by atoms with Gasteiger partial charge in [0.2, 0.25) is 0 Å². The predicted octanol–water partition coefficient (Wildman–Crippen LogP) is 1.90. The summed E-state index contributed by atoms with van der Waals surface area (Å²) in [7, 11) is 0. The first-order chi connectivity index (χ1) is 9.10. The maximum atomic E-state index is 11.9. The number of hydrogen-bond donors (Lipinski definition) is 2. The van der Waals surface area contributed by atoms with E-state index in [2.05, 4.69) is 31.6 Å². The van der Waals surface area contributed by atoms with E-state index >= 15 is 0 Å². The van der Waals surface area contributed by atoms with Crippen LogP contribution in [0.3, 0.4) is 0 Å². The van der Waals surface area contributed by atoms with Crippen LogP contribution >= 0.6 is 27.5 Å². The van der Waals surface area contributed by atoms with Crippen LogP contribution in [-0.2, 0) is 6.54 Å². The second-order valence-electron chi connectivity index (χ2n) is 3.73. The first-order valence-corrected chi connectivity index (χ1v) is 6.64. The Hall–Kier alpha value is -1.44. The highest BCUT2D eigenvalue weighted by atomic mass is 79.9. The maximum absolute atomic E-state index is 11.9. The minimum absolute atomic E-state index is 0.215. The van der Waals surface area contributed by atoms with Gasteiger partial charge in [-0.3, -0.25) is 9.48 Å². The zero-order valence-electron chi connectivity index (χ0n) is 9.81. The van der Waals surface area contributed by atoms with Crippen LogP contribution < -0.4 is 11.1 Å². The molecule has 6 nitrogen and oxygen atoms in total. The molecule has 0 unspecified atom stereocenters. The van der Waals surface area contributed by atoms with Gasteiger partial charge in [0.25, 0.3) is 5.91 Å². The summed E-state index contributed by atoms with van der Waals surface area (Å²) in [6.07, 6.45) is 1.54. The number of nitrogens with one attached hydrogen (secondary N) is 1. The molecular weight excluding hydrogens is 334 g/mol. The van der Waals surface area contributed by atoms with Gasteiger partial charge >= 0.3 is 0 Å². The smallest absolute Gasteiger partial charge is 0.277 e. The van der Waals surface area contributed by atoms with Gasteiger partial charge in [-0.05, 0) is 18.2 Å². The molecule has 2 aromatic rings. The maximum Gasteiger partial charge on any atom is 0.277 e. The molecule has 3 N–H and O–H groups in total. The fourth-order valence-corrected chi connectivity index (χ4v) is 2.14. The second-order valence-corrected chi connectivity index (χ2v) is 5.06. The van der Waals surface area contributed by atoms with Crippen molar-refractivity contribution in [3.63, 3.8) is 0 Å². The van der Waals surface area contributed by atoms with E-state index in [0.717, 1.165) is 4.47 Å². The van der Waals surface area contributed by atoms with Crippen LogP contribution in [0.15, 0.2) is 28.9 Å². The summed E-state index contributed by atoms with van der Waals surface area (Å²) >= 11 is 9.31. The normalized spacial score (nSPS) is 10.5. The van der Waals surface area contributed by atoms with Crippen LogP contribution in [0.1, 0.15) is 10.5 Å². The Morgan fingerprint density at radius 1 is 1.53 bits per heavy atom. The Labute approximate surface area is 123 Å². The standard InChI is InChI=1S/C11H11BrClN5O/c12-7-1-2-9(8(13)5-7)15-11(19)10-6-18(4-3-14)17-16-10/h1-2,5-6H,3-4,14H2,(H,15,19). The molecular formula is C11H11BrClN5O. The minimum Gasteiger partial charge on any atom is -0.329 e. The summed E-state index contributed by atoms with van der Waals surface area (Å²) in [5, 5.41) is 10.7. The van der Waals surface area contributed by atoms with Gasteiger partial charge in [-0.1, -0.05) is 32.7 Å². The molecule has 0 bridgehead atoms. The Morgan fingerprint density at radius 2 is 2.32 bits per heavy atom. The number of nitrogens with zero attached hydrogens (tertiary/aromatic N) is 3. The number of benzene rings is 1. The van der Waals surface area contributed by atoms with Crippen LogP contribution in [0.2, 0.25) is 5.02 Å². The molecule has 19 heavy (non-hydrogen) atoms. The van der Waals surface area contributed by atoms with Crippen LogP contribution in [0.5, 0.6) is 0 Å². The molecule has 0 saturated carbocycles. The summed E-state index contributed by atoms with van der Waals surface area (Å²) in [5.74, 6) is -0.368. The number of carbonyl (C=O) groups excluding carboxylic acids is 1. The number of amides is 1. The quantitative estimate of drug-likeness (QED) is 0.887. The molecule has 1 aromatic heterocycles. The van der Waals surface area contributed by atoms with Crippen molar-refractivity contribution in [1.29, 1.82) is 0 Å². The number of anilines is 1. The highest BCUT2D eigenvalue weighted by Crippen LogP contribution is 2.25. The van der Waals surface area contributed by atoms with E-state index < -0.39 is 0 Å². The lowest BCUT2D eigenvalue weighted by Gasteiger charge is -2.05. The van der Waals surface area contributed by atoms with Crippen LogP contribution in [0.4, 0.5) is 5.69 Å². The van der Waals surface area contributed by atoms with Crippen molar-refractivity contribution in [2.75, 3.05) is 11.9 Å². The molecule has 1 aromatic carbocycles. The van der Waals surface area contributed by atoms with Gasteiger partial charge in [0, 0.05) is 11.0 Å². The number of aromatic nitrogens is 3. The second kappa shape index (κ2) is 6.14. The Bertz CT molecular complexity index is 601. The summed E-state index contributed by atoms with van der Waals surface area (Å²) in [6, 6.07) is 5.18. The summed E-state index contributed by atoms with van der Waals surface area (Å²) in [5.41, 5.74) is 6.12. The zero-order chi connectivity index (χ0) is 13.8. The molecule has 0 atom stereocenters. The first-order valence-electron chi connectivity index (χ1n) is 5.47. The Kier molecular flexibility index (Phi) is 4.52. The fourth-order valence-electron chi connectivity index (χ4n) is 1.42. The largest absolute Gasteiger partial charge is 0.329 e. The summed E-state index contributed by atoms with van der Waals surface area (Å²) in [6.45, 7) is 0.947. The van der Waals surface area contributed by atoms with Gasteiger partial charge in [-0.2, -0.15) is 0 Å². The Morgan fingerprint density at radius 3 is 3.00 bits per heavy atom. The SMILES string of the molecule is NCCn1cc(C(=O)Nc2ccc(Br)cc2Cl)nn1. The average Bonchev–Trinajstić information content (AvgIpc) is 2.82. The number of halogens is 2. The van der Waals surface area contributed by atoms with Gasteiger partial charge in [0.05, 0.1) is 23.5 Å². The van der Waals surface area contributed by atoms with Crippen molar-refractivity contribution in [3.05, 3.63) is 39.6 Å². The van der Waals surface area contributed by atoms with E-state index in [1.54, 1.807) is 18.2 Å². The van der Waals surface area contributed by atoms with Crippen molar-refractivity contribution in [2.45, 2.75) is 6.54 Å². The van der Waals surface area contributed by atoms with Crippen molar-refractivity contribution >= 4 is 39.1 Å². The van der Waals surface area contributed by atoms with Crippen molar-refractivity contribution in [1.82, 2.24) is 15.0 Å². The van der Waals surface area contributed by atoms with E-state index in [1.807, 2.05) is 0 Å². The summed E-state index contributed by atoms with van der Waals surface area (Å²) in [4.78, 5) is 11.9. The molecule has 0 spiro atoms. The van der Waals surface area contributed by atoms with Gasteiger partial charge in [0.1, 0.15) is 0 Å².